The van der Waals surface area contributed by atoms with Crippen molar-refractivity contribution in [1.82, 2.24) is 0 Å². The zero-order chi connectivity index (χ0) is 9.14. The molecular weight excluding hydrogens is 178 g/mol. The van der Waals surface area contributed by atoms with Crippen LogP contribution in [0, 0.1) is 0 Å². The minimum atomic E-state index is -1.05. The van der Waals surface area contributed by atoms with Gasteiger partial charge in [0.2, 0.25) is 0 Å². The molecule has 12 heavy (non-hydrogen) atoms. The fourth-order valence-corrected chi connectivity index (χ4v) is 2.23. The van der Waals surface area contributed by atoms with E-state index in [-0.39, 0.29) is 11.4 Å². The highest BCUT2D eigenvalue weighted by Crippen LogP contribution is 2.14. The molecule has 0 aromatic heterocycles. The van der Waals surface area contributed by atoms with Crippen molar-refractivity contribution in [2.24, 2.45) is 5.16 Å². The van der Waals surface area contributed by atoms with Gasteiger partial charge in [0.15, 0.2) is 0 Å². The summed E-state index contributed by atoms with van der Waals surface area (Å²) < 4.78 is 16.5. The third-order valence-corrected chi connectivity index (χ3v) is 3.49. The number of oxime groups is 1. The van der Waals surface area contributed by atoms with E-state index in [2.05, 4.69) is 5.16 Å². The smallest absolute Gasteiger partial charge is 0.141 e. The number of rotatable bonds is 2. The molecule has 0 amide bonds. The Morgan fingerprint density at radius 2 is 2.42 bits per heavy atom. The molecule has 0 aromatic rings. The Bertz CT molecular complexity index is 217. The van der Waals surface area contributed by atoms with Crippen LogP contribution in [-0.2, 0) is 20.4 Å². The number of ether oxygens (including phenoxy) is 1. The van der Waals surface area contributed by atoms with Gasteiger partial charge in [-0.3, -0.25) is 4.21 Å². The first-order valence-electron chi connectivity index (χ1n) is 3.76. The molecule has 0 aliphatic carbocycles. The Morgan fingerprint density at radius 3 is 3.00 bits per heavy atom. The predicted molar refractivity (Wildman–Crippen MR) is 47.5 cm³/mol. The predicted octanol–water partition coefficient (Wildman–Crippen LogP) is 0.502. The van der Waals surface area contributed by atoms with Crippen molar-refractivity contribution in [3.05, 3.63) is 0 Å². The zero-order valence-electron chi connectivity index (χ0n) is 7.44. The van der Waals surface area contributed by atoms with Crippen molar-refractivity contribution in [1.29, 1.82) is 0 Å². The lowest BCUT2D eigenvalue weighted by Gasteiger charge is -2.24. The highest BCUT2D eigenvalue weighted by atomic mass is 32.2. The van der Waals surface area contributed by atoms with Crippen LogP contribution in [0.3, 0.4) is 0 Å². The molecule has 0 fully saturated rings. The lowest BCUT2D eigenvalue weighted by atomic mass is 10.3. The highest BCUT2D eigenvalue weighted by Gasteiger charge is 2.31. The number of hydrogen-bond donors (Lipinski definition) is 0. The van der Waals surface area contributed by atoms with E-state index in [9.17, 15) is 4.21 Å². The van der Waals surface area contributed by atoms with Crippen LogP contribution in [0.15, 0.2) is 5.16 Å². The van der Waals surface area contributed by atoms with Crippen molar-refractivity contribution < 1.29 is 13.8 Å². The normalized spacial score (nSPS) is 35.6. The maximum Gasteiger partial charge on any atom is 0.141 e. The average molecular weight is 191 g/mol. The van der Waals surface area contributed by atoms with Gasteiger partial charge in [0.1, 0.15) is 16.4 Å². The average Bonchev–Trinajstić information content (AvgIpc) is 2.06. The zero-order valence-corrected chi connectivity index (χ0v) is 8.26. The van der Waals surface area contributed by atoms with Crippen molar-refractivity contribution >= 4 is 15.8 Å². The van der Waals surface area contributed by atoms with Gasteiger partial charge in [-0.2, -0.15) is 0 Å². The molecule has 3 unspecified atom stereocenters. The second kappa shape index (κ2) is 4.00. The number of hydrogen-bond acceptors (Lipinski definition) is 4. The van der Waals surface area contributed by atoms with Gasteiger partial charge in [-0.1, -0.05) is 5.16 Å². The topological polar surface area (TPSA) is 47.9 Å². The fourth-order valence-electron chi connectivity index (χ4n) is 1.02. The standard InChI is InChI=1S/C7H13NO3S/c1-5-7(4-10-3)12(9)6(2)8-11-5/h5,7H,4H2,1-3H3. The van der Waals surface area contributed by atoms with Crippen LogP contribution in [0.1, 0.15) is 13.8 Å². The van der Waals surface area contributed by atoms with E-state index in [1.54, 1.807) is 14.0 Å². The maximum atomic E-state index is 11.5. The maximum absolute atomic E-state index is 11.5. The number of methoxy groups -OCH3 is 1. The van der Waals surface area contributed by atoms with Crippen molar-refractivity contribution in [3.63, 3.8) is 0 Å². The second-order valence-corrected chi connectivity index (χ2v) is 4.50. The molecule has 1 aliphatic rings. The monoisotopic (exact) mass is 191 g/mol. The number of nitrogens with zero attached hydrogens (tertiary/aromatic N) is 1. The van der Waals surface area contributed by atoms with Gasteiger partial charge in [0.05, 0.1) is 17.4 Å². The molecule has 0 N–H and O–H groups in total. The first-order valence-corrected chi connectivity index (χ1v) is 4.98. The third-order valence-electron chi connectivity index (χ3n) is 1.77. The Hall–Kier alpha value is -0.420. The second-order valence-electron chi connectivity index (χ2n) is 2.71. The Kier molecular flexibility index (Phi) is 3.22. The molecule has 1 aliphatic heterocycles. The summed E-state index contributed by atoms with van der Waals surface area (Å²) in [4.78, 5) is 5.04. The minimum Gasteiger partial charge on any atom is -0.391 e. The first kappa shape index (κ1) is 9.67. The van der Waals surface area contributed by atoms with Gasteiger partial charge >= 0.3 is 0 Å². The Balaban J connectivity index is 2.71. The van der Waals surface area contributed by atoms with Gasteiger partial charge in [-0.25, -0.2) is 0 Å². The van der Waals surface area contributed by atoms with Crippen LogP contribution in [-0.4, -0.2) is 34.3 Å². The van der Waals surface area contributed by atoms with Crippen molar-refractivity contribution in [2.45, 2.75) is 25.2 Å². The SMILES string of the molecule is COCC1C(C)ON=C(C)S1=O. The van der Waals surface area contributed by atoms with Crippen LogP contribution >= 0.6 is 0 Å². The summed E-state index contributed by atoms with van der Waals surface area (Å²) in [5.74, 6) is 0. The summed E-state index contributed by atoms with van der Waals surface area (Å²) in [6, 6.07) is 0. The summed E-state index contributed by atoms with van der Waals surface area (Å²) >= 11 is 0. The van der Waals surface area contributed by atoms with E-state index >= 15 is 0 Å². The highest BCUT2D eigenvalue weighted by molar-refractivity contribution is 8.01. The van der Waals surface area contributed by atoms with Crippen LogP contribution in [0.4, 0.5) is 0 Å². The first-order chi connectivity index (χ1) is 5.66. The summed E-state index contributed by atoms with van der Waals surface area (Å²) in [5, 5.41) is 4.13. The van der Waals surface area contributed by atoms with E-state index in [1.165, 1.54) is 0 Å². The molecule has 1 rings (SSSR count). The summed E-state index contributed by atoms with van der Waals surface area (Å²) in [5.41, 5.74) is 0. The van der Waals surface area contributed by atoms with Gasteiger partial charge in [0.25, 0.3) is 0 Å². The minimum absolute atomic E-state index is 0.0903. The van der Waals surface area contributed by atoms with Crippen molar-refractivity contribution in [2.75, 3.05) is 13.7 Å². The summed E-state index contributed by atoms with van der Waals surface area (Å²) in [6.45, 7) is 3.99. The van der Waals surface area contributed by atoms with Crippen LogP contribution in [0.25, 0.3) is 0 Å². The van der Waals surface area contributed by atoms with Gasteiger partial charge in [-0.05, 0) is 13.8 Å². The largest absolute Gasteiger partial charge is 0.391 e. The van der Waals surface area contributed by atoms with E-state index in [4.69, 9.17) is 9.57 Å². The van der Waals surface area contributed by atoms with E-state index in [0.29, 0.717) is 11.7 Å². The molecule has 70 valence electrons. The molecule has 0 spiro atoms. The fraction of sp³-hybridized carbons (Fsp3) is 0.857. The van der Waals surface area contributed by atoms with Crippen LogP contribution < -0.4 is 0 Å². The van der Waals surface area contributed by atoms with Crippen molar-refractivity contribution in [3.8, 4) is 0 Å². The van der Waals surface area contributed by atoms with E-state index in [1.807, 2.05) is 6.92 Å². The molecule has 0 saturated carbocycles. The molecule has 4 nitrogen and oxygen atoms in total. The third kappa shape index (κ3) is 1.84. The summed E-state index contributed by atoms with van der Waals surface area (Å²) in [6.07, 6.45) is -0.130. The Morgan fingerprint density at radius 1 is 1.75 bits per heavy atom. The molecule has 0 radical (unpaired) electrons. The molecule has 5 heteroatoms. The Labute approximate surface area is 74.4 Å². The molecule has 0 bridgehead atoms. The lowest BCUT2D eigenvalue weighted by molar-refractivity contribution is 0.0466. The van der Waals surface area contributed by atoms with Crippen LogP contribution in [0.2, 0.25) is 0 Å². The molecule has 0 saturated heterocycles. The van der Waals surface area contributed by atoms with Gasteiger partial charge in [-0.15, -0.1) is 0 Å². The molecule has 0 aromatic carbocycles. The quantitative estimate of drug-likeness (QED) is 0.638. The molecular formula is C7H13NO3S. The van der Waals surface area contributed by atoms with E-state index in [0.717, 1.165) is 0 Å². The lowest BCUT2D eigenvalue weighted by Crippen LogP contribution is -2.39. The van der Waals surface area contributed by atoms with Crippen LogP contribution in [0.5, 0.6) is 0 Å². The van der Waals surface area contributed by atoms with Gasteiger partial charge < -0.3 is 9.57 Å². The van der Waals surface area contributed by atoms with Gasteiger partial charge in [0, 0.05) is 7.11 Å². The molecule has 1 heterocycles. The summed E-state index contributed by atoms with van der Waals surface area (Å²) in [7, 11) is 0.536. The molecule has 3 atom stereocenters. The van der Waals surface area contributed by atoms with E-state index < -0.39 is 10.8 Å².